The first kappa shape index (κ1) is 23.3. The summed E-state index contributed by atoms with van der Waals surface area (Å²) in [6.45, 7) is -0.864. The molecule has 0 fully saturated rings. The molecule has 0 aliphatic rings. The topological polar surface area (TPSA) is 74.1 Å². The zero-order valence-corrected chi connectivity index (χ0v) is 18.7. The second-order valence-electron chi connectivity index (χ2n) is 7.31. The van der Waals surface area contributed by atoms with Crippen LogP contribution in [-0.2, 0) is 6.54 Å². The number of methoxy groups -OCH3 is 1. The molecule has 0 spiro atoms. The number of aromatic amines is 1. The van der Waals surface area contributed by atoms with Gasteiger partial charge in [0.2, 0.25) is 0 Å². The van der Waals surface area contributed by atoms with Gasteiger partial charge in [0, 0.05) is 12.3 Å². The van der Waals surface area contributed by atoms with Gasteiger partial charge in [-0.15, -0.1) is 0 Å². The molecule has 0 radical (unpaired) electrons. The number of halogens is 3. The van der Waals surface area contributed by atoms with E-state index < -0.39 is 18.3 Å². The summed E-state index contributed by atoms with van der Waals surface area (Å²) in [5.74, 6) is 0.796. The fourth-order valence-corrected chi connectivity index (χ4v) is 3.55. The first-order valence-electron chi connectivity index (χ1n) is 10.0. The quantitative estimate of drug-likeness (QED) is 0.380. The maximum Gasteiger partial charge on any atom is 0.422 e. The molecule has 4 rings (SSSR count). The molecule has 4 aromatic rings. The highest BCUT2D eigenvalue weighted by Crippen LogP contribution is 2.20. The largest absolute Gasteiger partial charge is 0.497 e. The van der Waals surface area contributed by atoms with Crippen molar-refractivity contribution in [1.29, 1.82) is 0 Å². The molecule has 176 valence electrons. The summed E-state index contributed by atoms with van der Waals surface area (Å²) in [6, 6.07) is 16.3. The molecule has 0 atom stereocenters. The third-order valence-corrected chi connectivity index (χ3v) is 5.14. The van der Waals surface area contributed by atoms with Gasteiger partial charge >= 0.3 is 6.18 Å². The monoisotopic (exact) mass is 488 g/mol. The number of ether oxygens (including phenoxy) is 2. The van der Waals surface area contributed by atoms with Gasteiger partial charge in [0.25, 0.3) is 5.56 Å². The summed E-state index contributed by atoms with van der Waals surface area (Å²) in [5, 5.41) is 4.51. The van der Waals surface area contributed by atoms with Crippen molar-refractivity contribution in [2.45, 2.75) is 12.7 Å². The Morgan fingerprint density at radius 2 is 1.71 bits per heavy atom. The summed E-state index contributed by atoms with van der Waals surface area (Å²) in [5.41, 5.74) is 2.00. The maximum atomic E-state index is 12.8. The molecule has 2 heterocycles. The summed E-state index contributed by atoms with van der Waals surface area (Å²) in [4.78, 5) is 15.8. The molecule has 0 aliphatic heterocycles. The average molecular weight is 488 g/mol. The number of hydrogen-bond donors (Lipinski definition) is 1. The van der Waals surface area contributed by atoms with Crippen LogP contribution in [0.3, 0.4) is 0 Å². The van der Waals surface area contributed by atoms with E-state index in [1.54, 1.807) is 24.1 Å². The lowest BCUT2D eigenvalue weighted by atomic mass is 10.2. The summed E-state index contributed by atoms with van der Waals surface area (Å²) < 4.78 is 49.9. The Morgan fingerprint density at radius 1 is 1.03 bits per heavy atom. The van der Waals surface area contributed by atoms with Crippen LogP contribution >= 0.6 is 12.2 Å². The van der Waals surface area contributed by atoms with Crippen molar-refractivity contribution in [3.05, 3.63) is 87.5 Å². The first-order valence-corrected chi connectivity index (χ1v) is 10.5. The number of benzene rings is 2. The van der Waals surface area contributed by atoms with E-state index in [0.717, 1.165) is 11.3 Å². The van der Waals surface area contributed by atoms with Crippen molar-refractivity contribution >= 4 is 12.2 Å². The van der Waals surface area contributed by atoms with Crippen LogP contribution in [0, 0.1) is 4.77 Å². The molecule has 0 unspecified atom stereocenters. The number of H-pyrrole nitrogens is 1. The molecule has 11 heteroatoms. The molecular weight excluding hydrogens is 469 g/mol. The van der Waals surface area contributed by atoms with Crippen molar-refractivity contribution in [2.75, 3.05) is 13.7 Å². The van der Waals surface area contributed by atoms with Crippen LogP contribution < -0.4 is 15.0 Å². The highest BCUT2D eigenvalue weighted by molar-refractivity contribution is 7.71. The Bertz CT molecular complexity index is 1360. The molecule has 1 N–H and O–H groups in total. The minimum Gasteiger partial charge on any atom is -0.497 e. The van der Waals surface area contributed by atoms with E-state index in [2.05, 4.69) is 10.1 Å². The zero-order valence-electron chi connectivity index (χ0n) is 17.9. The zero-order chi connectivity index (χ0) is 24.3. The number of nitrogens with zero attached hydrogens (tertiary/aromatic N) is 3. The predicted octanol–water partition coefficient (Wildman–Crippen LogP) is 4.76. The molecule has 34 heavy (non-hydrogen) atoms. The predicted molar refractivity (Wildman–Crippen MR) is 122 cm³/mol. The lowest BCUT2D eigenvalue weighted by Crippen LogP contribution is -2.20. The van der Waals surface area contributed by atoms with Gasteiger partial charge in [0.1, 0.15) is 17.2 Å². The van der Waals surface area contributed by atoms with E-state index in [0.29, 0.717) is 23.6 Å². The fraction of sp³-hybridized carbons (Fsp3) is 0.174. The minimum absolute atomic E-state index is 0.0306. The smallest absolute Gasteiger partial charge is 0.422 e. The van der Waals surface area contributed by atoms with E-state index in [4.69, 9.17) is 21.7 Å². The van der Waals surface area contributed by atoms with Crippen molar-refractivity contribution < 1.29 is 22.6 Å². The van der Waals surface area contributed by atoms with Crippen LogP contribution in [0.2, 0.25) is 0 Å². The van der Waals surface area contributed by atoms with E-state index in [-0.39, 0.29) is 10.5 Å². The molecule has 2 aromatic carbocycles. The van der Waals surface area contributed by atoms with E-state index >= 15 is 0 Å². The number of hydrogen-bond acceptors (Lipinski definition) is 5. The van der Waals surface area contributed by atoms with E-state index in [1.165, 1.54) is 34.9 Å². The van der Waals surface area contributed by atoms with Crippen LogP contribution in [0.15, 0.2) is 71.7 Å². The summed E-state index contributed by atoms with van der Waals surface area (Å²) in [7, 11) is 1.61. The lowest BCUT2D eigenvalue weighted by Gasteiger charge is -2.11. The van der Waals surface area contributed by atoms with Crippen molar-refractivity contribution in [2.24, 2.45) is 0 Å². The molecule has 0 saturated carbocycles. The van der Waals surface area contributed by atoms with Gasteiger partial charge in [-0.1, -0.05) is 12.1 Å². The Morgan fingerprint density at radius 3 is 2.32 bits per heavy atom. The molecule has 7 nitrogen and oxygen atoms in total. The second kappa shape index (κ2) is 9.56. The van der Waals surface area contributed by atoms with Gasteiger partial charge in [-0.3, -0.25) is 14.0 Å². The van der Waals surface area contributed by atoms with Gasteiger partial charge in [-0.25, -0.2) is 0 Å². The molecule has 0 aliphatic carbocycles. The van der Waals surface area contributed by atoms with Gasteiger partial charge in [0.15, 0.2) is 11.4 Å². The van der Waals surface area contributed by atoms with Crippen molar-refractivity contribution in [1.82, 2.24) is 19.3 Å². The minimum atomic E-state index is -4.43. The van der Waals surface area contributed by atoms with Gasteiger partial charge in [-0.05, 0) is 60.2 Å². The third-order valence-electron chi connectivity index (χ3n) is 4.85. The fourth-order valence-electron chi connectivity index (χ4n) is 3.25. The molecular formula is C23H19F3N4O3S. The molecule has 0 amide bonds. The highest BCUT2D eigenvalue weighted by Gasteiger charge is 2.28. The Hall–Kier alpha value is -3.86. The average Bonchev–Trinajstić information content (AvgIpc) is 3.26. The van der Waals surface area contributed by atoms with Crippen LogP contribution in [-0.4, -0.2) is 39.2 Å². The molecule has 0 bridgehead atoms. The molecule has 2 aromatic heterocycles. The summed E-state index contributed by atoms with van der Waals surface area (Å²) in [6.07, 6.45) is -2.64. The normalized spacial score (nSPS) is 11.4. The maximum absolute atomic E-state index is 12.8. The van der Waals surface area contributed by atoms with Crippen LogP contribution in [0.25, 0.3) is 17.1 Å². The second-order valence-corrected chi connectivity index (χ2v) is 7.69. The number of aromatic nitrogens is 4. The van der Waals surface area contributed by atoms with Crippen molar-refractivity contribution in [3.63, 3.8) is 0 Å². The Balaban J connectivity index is 1.53. The Labute approximate surface area is 197 Å². The van der Waals surface area contributed by atoms with Crippen LogP contribution in [0.5, 0.6) is 11.5 Å². The number of rotatable bonds is 7. The van der Waals surface area contributed by atoms with Gasteiger partial charge < -0.3 is 14.5 Å². The molecule has 0 saturated heterocycles. The number of nitrogens with one attached hydrogen (secondary N) is 1. The highest BCUT2D eigenvalue weighted by atomic mass is 32.1. The third kappa shape index (κ3) is 5.54. The number of alkyl halides is 3. The summed E-state index contributed by atoms with van der Waals surface area (Å²) >= 11 is 5.36. The lowest BCUT2D eigenvalue weighted by molar-refractivity contribution is -0.153. The van der Waals surface area contributed by atoms with Crippen LogP contribution in [0.1, 0.15) is 5.56 Å². The standard InChI is InChI=1S/C23H19F3N4O3S/c1-32-17-6-2-15(3-7-17)13-29-11-10-19(28-29)20-12-21(31)30(22(34)27-20)16-4-8-18(9-5-16)33-14-23(24,25)26/h2-12H,13-14H2,1H3,(H,27,34). The Kier molecular flexibility index (Phi) is 6.55. The van der Waals surface area contributed by atoms with Gasteiger partial charge in [-0.2, -0.15) is 18.3 Å². The van der Waals surface area contributed by atoms with Crippen LogP contribution in [0.4, 0.5) is 13.2 Å². The SMILES string of the molecule is COc1ccc(Cn2ccc(-c3cc(=O)n(-c4ccc(OCC(F)(F)F)cc4)c(=S)[nH]3)n2)cc1. The van der Waals surface area contributed by atoms with E-state index in [1.807, 2.05) is 24.3 Å². The van der Waals surface area contributed by atoms with Crippen molar-refractivity contribution in [3.8, 4) is 28.6 Å². The first-order chi connectivity index (χ1) is 16.2. The van der Waals surface area contributed by atoms with E-state index in [9.17, 15) is 18.0 Å². The van der Waals surface area contributed by atoms with Gasteiger partial charge in [0.05, 0.1) is 25.0 Å².